The Morgan fingerprint density at radius 2 is 1.97 bits per heavy atom. The van der Waals surface area contributed by atoms with Gasteiger partial charge >= 0.3 is 5.97 Å². The Morgan fingerprint density at radius 3 is 2.66 bits per heavy atom. The molecule has 1 aliphatic carbocycles. The lowest BCUT2D eigenvalue weighted by molar-refractivity contribution is -0.139. The Labute approximate surface area is 210 Å². The molecule has 2 aromatic rings. The van der Waals surface area contributed by atoms with Crippen LogP contribution in [0.2, 0.25) is 0 Å². The first-order valence-corrected chi connectivity index (χ1v) is 13.0. The third-order valence-electron chi connectivity index (χ3n) is 6.86. The number of hydrogen-bond acceptors (Lipinski definition) is 6. The fourth-order valence-electron chi connectivity index (χ4n) is 4.62. The van der Waals surface area contributed by atoms with E-state index in [2.05, 4.69) is 19.2 Å². The van der Waals surface area contributed by atoms with Crippen molar-refractivity contribution in [2.24, 2.45) is 5.92 Å². The zero-order chi connectivity index (χ0) is 25.3. The second-order valence-corrected chi connectivity index (χ2v) is 11.3. The second-order valence-electron chi connectivity index (χ2n) is 10.1. The molecule has 1 aliphatic heterocycles. The summed E-state index contributed by atoms with van der Waals surface area (Å²) in [7, 11) is 0. The number of carboxylic acid groups (broad SMARTS) is 1. The highest BCUT2D eigenvalue weighted by molar-refractivity contribution is 7.99. The lowest BCUT2D eigenvalue weighted by Crippen LogP contribution is -2.44. The molecule has 1 saturated carbocycles. The average Bonchev–Trinajstić information content (AvgIpc) is 3.39. The number of aliphatic hydroxyl groups is 1. The number of aryl methyl sites for hydroxylation is 1. The van der Waals surface area contributed by atoms with Gasteiger partial charge in [-0.1, -0.05) is 12.1 Å². The van der Waals surface area contributed by atoms with Crippen LogP contribution in [-0.4, -0.2) is 52.8 Å². The number of benzene rings is 2. The largest absolute Gasteiger partial charge is 0.488 e. The molecule has 0 bridgehead atoms. The van der Waals surface area contributed by atoms with Crippen LogP contribution in [0.5, 0.6) is 5.75 Å². The Bertz CT molecular complexity index is 1060. The summed E-state index contributed by atoms with van der Waals surface area (Å²) in [6.07, 6.45) is -0.386. The number of β-amino-alcohol motifs (C(OH)–C–C–N with tert-alkyl or cyclic N) is 1. The molecule has 4 rings (SSSR count). The van der Waals surface area contributed by atoms with Gasteiger partial charge in [-0.3, -0.25) is 4.79 Å². The minimum absolute atomic E-state index is 0.122. The molecular formula is C27H34FNO5S. The van der Waals surface area contributed by atoms with Crippen LogP contribution >= 0.6 is 11.8 Å². The van der Waals surface area contributed by atoms with Gasteiger partial charge < -0.3 is 25.0 Å². The highest BCUT2D eigenvalue weighted by atomic mass is 32.2. The summed E-state index contributed by atoms with van der Waals surface area (Å²) in [6.45, 7) is 8.62. The van der Waals surface area contributed by atoms with Gasteiger partial charge in [-0.2, -0.15) is 0 Å². The van der Waals surface area contributed by atoms with Gasteiger partial charge in [-0.25, -0.2) is 4.39 Å². The minimum Gasteiger partial charge on any atom is -0.488 e. The number of rotatable bonds is 12. The van der Waals surface area contributed by atoms with Gasteiger partial charge in [0, 0.05) is 28.5 Å². The quantitative estimate of drug-likeness (QED) is 0.363. The van der Waals surface area contributed by atoms with E-state index in [1.807, 2.05) is 26.0 Å². The maximum atomic E-state index is 13.0. The van der Waals surface area contributed by atoms with Crippen LogP contribution in [0.3, 0.4) is 0 Å². The van der Waals surface area contributed by atoms with E-state index >= 15 is 0 Å². The molecule has 2 aliphatic rings. The van der Waals surface area contributed by atoms with E-state index in [0.717, 1.165) is 39.5 Å². The van der Waals surface area contributed by atoms with Crippen LogP contribution in [0.1, 0.15) is 55.9 Å². The average molecular weight is 504 g/mol. The summed E-state index contributed by atoms with van der Waals surface area (Å²) >= 11 is 1.68. The first-order valence-electron chi connectivity index (χ1n) is 12.0. The fraction of sp³-hybridized carbons (Fsp3) is 0.519. The Kier molecular flexibility index (Phi) is 7.76. The predicted octanol–water partition coefficient (Wildman–Crippen LogP) is 4.68. The zero-order valence-corrected chi connectivity index (χ0v) is 21.4. The van der Waals surface area contributed by atoms with Crippen LogP contribution in [0.25, 0.3) is 0 Å². The molecule has 3 N–H and O–H groups in total. The number of hydrogen-bond donors (Lipinski definition) is 3. The molecule has 1 fully saturated rings. The van der Waals surface area contributed by atoms with E-state index in [4.69, 9.17) is 9.47 Å². The number of halogens is 1. The smallest absolute Gasteiger partial charge is 0.311 e. The Hall–Kier alpha value is -2.13. The van der Waals surface area contributed by atoms with Crippen LogP contribution in [0.15, 0.2) is 41.3 Å². The first-order chi connectivity index (χ1) is 16.6. The first kappa shape index (κ1) is 25.9. The van der Waals surface area contributed by atoms with Gasteiger partial charge in [0.2, 0.25) is 0 Å². The van der Waals surface area contributed by atoms with E-state index in [1.165, 1.54) is 12.1 Å². The van der Waals surface area contributed by atoms with E-state index in [9.17, 15) is 19.4 Å². The van der Waals surface area contributed by atoms with Crippen LogP contribution in [0, 0.1) is 18.7 Å². The molecule has 5 atom stereocenters. The van der Waals surface area contributed by atoms with E-state index in [1.54, 1.807) is 23.9 Å². The van der Waals surface area contributed by atoms with Gasteiger partial charge in [0.05, 0.1) is 18.8 Å². The summed E-state index contributed by atoms with van der Waals surface area (Å²) in [6, 6.07) is 10.4. The van der Waals surface area contributed by atoms with Crippen molar-refractivity contribution in [2.75, 3.05) is 18.9 Å². The molecule has 0 unspecified atom stereocenters. The number of thioether (sulfide) groups is 1. The van der Waals surface area contributed by atoms with Gasteiger partial charge in [0.1, 0.15) is 23.6 Å². The maximum absolute atomic E-state index is 13.0. The monoisotopic (exact) mass is 503 g/mol. The number of nitrogens with one attached hydrogen (secondary N) is 1. The van der Waals surface area contributed by atoms with E-state index < -0.39 is 18.0 Å². The third kappa shape index (κ3) is 6.00. The van der Waals surface area contributed by atoms with Crippen LogP contribution in [-0.2, 0) is 9.53 Å². The SMILES string of the molecule is Cc1ccc([C@@H](C)OC[C@H](O)CNC(C)(C)CCSc2ccc(F)cc2)c2c1O[C@@H]1[C@@H](C(=O)O)[C@H]21. The van der Waals surface area contributed by atoms with Crippen molar-refractivity contribution in [1.82, 2.24) is 5.32 Å². The molecule has 0 aromatic heterocycles. The van der Waals surface area contributed by atoms with Gasteiger partial charge in [-0.05, 0) is 75.3 Å². The summed E-state index contributed by atoms with van der Waals surface area (Å²) in [4.78, 5) is 12.5. The summed E-state index contributed by atoms with van der Waals surface area (Å²) in [5, 5.41) is 23.4. The fourth-order valence-corrected chi connectivity index (χ4v) is 5.80. The normalized spacial score (nSPS) is 22.2. The summed E-state index contributed by atoms with van der Waals surface area (Å²) in [5.74, 6) is -0.0184. The number of carboxylic acids is 1. The maximum Gasteiger partial charge on any atom is 0.311 e. The van der Waals surface area contributed by atoms with Crippen molar-refractivity contribution in [3.8, 4) is 5.75 Å². The van der Waals surface area contributed by atoms with Gasteiger partial charge in [0.25, 0.3) is 0 Å². The standard InChI is InChI=1S/C27H34FNO5S/c1-15-5-10-20(21-22-23(26(31)32)25(22)34-24(15)21)16(2)33-14-18(30)13-29-27(3,4)11-12-35-19-8-6-17(28)7-9-19/h5-10,16,18,22-23,25,29-30H,11-14H2,1-4H3,(H,31,32)/t16-,18-,22+,23+,25+/m1/s1. The second kappa shape index (κ2) is 10.5. The molecule has 35 heavy (non-hydrogen) atoms. The Morgan fingerprint density at radius 1 is 1.26 bits per heavy atom. The van der Waals surface area contributed by atoms with Gasteiger partial charge in [-0.15, -0.1) is 11.8 Å². The lowest BCUT2D eigenvalue weighted by Gasteiger charge is -2.28. The molecule has 0 radical (unpaired) electrons. The molecule has 2 aromatic carbocycles. The third-order valence-corrected chi connectivity index (χ3v) is 7.87. The molecule has 1 heterocycles. The minimum atomic E-state index is -0.827. The molecule has 6 nitrogen and oxygen atoms in total. The van der Waals surface area contributed by atoms with Crippen LogP contribution in [0.4, 0.5) is 4.39 Å². The van der Waals surface area contributed by atoms with Crippen molar-refractivity contribution in [3.05, 3.63) is 58.9 Å². The Balaban J connectivity index is 1.24. The number of fused-ring (bicyclic) bond motifs is 3. The van der Waals surface area contributed by atoms with Crippen molar-refractivity contribution in [1.29, 1.82) is 0 Å². The van der Waals surface area contributed by atoms with Crippen LogP contribution < -0.4 is 10.1 Å². The number of ether oxygens (including phenoxy) is 2. The topological polar surface area (TPSA) is 88.0 Å². The molecule has 190 valence electrons. The van der Waals surface area contributed by atoms with Crippen molar-refractivity contribution in [2.45, 2.75) is 68.8 Å². The lowest BCUT2D eigenvalue weighted by atomic mass is 9.95. The predicted molar refractivity (Wildman–Crippen MR) is 134 cm³/mol. The highest BCUT2D eigenvalue weighted by Crippen LogP contribution is 2.61. The molecular weight excluding hydrogens is 469 g/mol. The van der Waals surface area contributed by atoms with Crippen molar-refractivity contribution < 1.29 is 28.9 Å². The summed E-state index contributed by atoms with van der Waals surface area (Å²) < 4.78 is 25.0. The highest BCUT2D eigenvalue weighted by Gasteiger charge is 2.64. The number of aliphatic hydroxyl groups excluding tert-OH is 1. The zero-order valence-electron chi connectivity index (χ0n) is 20.6. The molecule has 0 spiro atoms. The molecule has 0 amide bonds. The summed E-state index contributed by atoms with van der Waals surface area (Å²) in [5.41, 5.74) is 2.69. The number of carbonyl (C=O) groups is 1. The number of aliphatic carboxylic acids is 1. The van der Waals surface area contributed by atoms with Crippen molar-refractivity contribution in [3.63, 3.8) is 0 Å². The van der Waals surface area contributed by atoms with Gasteiger partial charge in [0.15, 0.2) is 0 Å². The van der Waals surface area contributed by atoms with E-state index in [0.29, 0.717) is 6.54 Å². The molecule has 0 saturated heterocycles. The van der Waals surface area contributed by atoms with Crippen molar-refractivity contribution >= 4 is 17.7 Å². The van der Waals surface area contributed by atoms with E-state index in [-0.39, 0.29) is 36.1 Å². The molecule has 8 heteroatoms.